The van der Waals surface area contributed by atoms with E-state index in [4.69, 9.17) is 4.42 Å². The van der Waals surface area contributed by atoms with Gasteiger partial charge in [0, 0.05) is 11.5 Å². The van der Waals surface area contributed by atoms with Gasteiger partial charge in [-0.3, -0.25) is 4.79 Å². The van der Waals surface area contributed by atoms with Crippen molar-refractivity contribution in [1.82, 2.24) is 15.5 Å². The van der Waals surface area contributed by atoms with Crippen LogP contribution in [0.4, 0.5) is 0 Å². The molecule has 0 saturated heterocycles. The first-order chi connectivity index (χ1) is 11.0. The molecule has 0 aliphatic heterocycles. The van der Waals surface area contributed by atoms with Crippen LogP contribution in [0.2, 0.25) is 0 Å². The van der Waals surface area contributed by atoms with E-state index in [0.29, 0.717) is 16.9 Å². The third-order valence-corrected chi connectivity index (χ3v) is 6.50. The van der Waals surface area contributed by atoms with Crippen molar-refractivity contribution >= 4 is 17.7 Å². The third-order valence-electron chi connectivity index (χ3n) is 5.69. The van der Waals surface area contributed by atoms with E-state index in [1.54, 1.807) is 0 Å². The smallest absolute Gasteiger partial charge is 0.277 e. The molecule has 23 heavy (non-hydrogen) atoms. The fraction of sp³-hybridized carbons (Fsp3) is 0.824. The van der Waals surface area contributed by atoms with Crippen molar-refractivity contribution in [2.45, 2.75) is 69.1 Å². The lowest BCUT2D eigenvalue weighted by Crippen LogP contribution is -2.60. The molecule has 0 aromatic carbocycles. The van der Waals surface area contributed by atoms with Gasteiger partial charge >= 0.3 is 0 Å². The van der Waals surface area contributed by atoms with E-state index in [1.165, 1.54) is 50.3 Å². The highest BCUT2D eigenvalue weighted by molar-refractivity contribution is 7.99. The molecule has 4 aliphatic rings. The molecule has 5 nitrogen and oxygen atoms in total. The zero-order valence-corrected chi connectivity index (χ0v) is 14.7. The molecule has 1 amide bonds. The van der Waals surface area contributed by atoms with Gasteiger partial charge in [0.25, 0.3) is 5.22 Å². The molecule has 4 bridgehead atoms. The highest BCUT2D eigenvalue weighted by Gasteiger charge is 2.51. The SMILES string of the molecule is CC(C)c1nnc(SCC(=O)NC23CC4CC(CC(C4)C2)C3)o1. The van der Waals surface area contributed by atoms with Crippen molar-refractivity contribution in [2.75, 3.05) is 5.75 Å². The summed E-state index contributed by atoms with van der Waals surface area (Å²) in [5.41, 5.74) is 0.0876. The molecular weight excluding hydrogens is 310 g/mol. The third kappa shape index (κ3) is 3.14. The Kier molecular flexibility index (Phi) is 3.90. The number of hydrogen-bond acceptors (Lipinski definition) is 5. The number of thioether (sulfide) groups is 1. The van der Waals surface area contributed by atoms with Gasteiger partial charge < -0.3 is 9.73 Å². The van der Waals surface area contributed by atoms with Crippen LogP contribution in [0.15, 0.2) is 9.64 Å². The molecule has 5 rings (SSSR count). The highest BCUT2D eigenvalue weighted by Crippen LogP contribution is 2.55. The van der Waals surface area contributed by atoms with Gasteiger partial charge in [-0.1, -0.05) is 25.6 Å². The maximum absolute atomic E-state index is 12.4. The van der Waals surface area contributed by atoms with Crippen LogP contribution in [0.5, 0.6) is 0 Å². The normalized spacial score (nSPS) is 35.0. The van der Waals surface area contributed by atoms with Gasteiger partial charge in [0.2, 0.25) is 11.8 Å². The van der Waals surface area contributed by atoms with Crippen molar-refractivity contribution in [3.05, 3.63) is 5.89 Å². The maximum Gasteiger partial charge on any atom is 0.277 e. The number of nitrogens with one attached hydrogen (secondary N) is 1. The van der Waals surface area contributed by atoms with E-state index in [-0.39, 0.29) is 17.4 Å². The van der Waals surface area contributed by atoms with Gasteiger partial charge in [-0.15, -0.1) is 10.2 Å². The predicted octanol–water partition coefficient (Wildman–Crippen LogP) is 3.37. The minimum Gasteiger partial charge on any atom is -0.416 e. The topological polar surface area (TPSA) is 68.0 Å². The zero-order chi connectivity index (χ0) is 16.0. The van der Waals surface area contributed by atoms with E-state index in [9.17, 15) is 4.79 Å². The van der Waals surface area contributed by atoms with Crippen molar-refractivity contribution < 1.29 is 9.21 Å². The average Bonchev–Trinajstić information content (AvgIpc) is 2.92. The largest absolute Gasteiger partial charge is 0.416 e. The molecule has 0 unspecified atom stereocenters. The number of aromatic nitrogens is 2. The van der Waals surface area contributed by atoms with Crippen LogP contribution in [-0.2, 0) is 4.79 Å². The molecule has 0 radical (unpaired) electrons. The Labute approximate surface area is 141 Å². The number of nitrogens with zero attached hydrogens (tertiary/aromatic N) is 2. The van der Waals surface area contributed by atoms with Crippen LogP contribution in [0.1, 0.15) is 64.2 Å². The molecule has 1 aromatic rings. The Hall–Kier alpha value is -1.04. The standard InChI is InChI=1S/C17H25N3O2S/c1-10(2)15-19-20-16(22-15)23-9-14(21)18-17-6-11-3-12(7-17)5-13(4-11)8-17/h10-13H,3-9H2,1-2H3,(H,18,21). The molecule has 4 aliphatic carbocycles. The summed E-state index contributed by atoms with van der Waals surface area (Å²) in [6, 6.07) is 0. The first-order valence-corrected chi connectivity index (χ1v) is 9.77. The molecule has 6 heteroatoms. The molecule has 1 heterocycles. The van der Waals surface area contributed by atoms with Gasteiger partial charge in [0.1, 0.15) is 0 Å². The average molecular weight is 335 g/mol. The lowest BCUT2D eigenvalue weighted by Gasteiger charge is -2.56. The van der Waals surface area contributed by atoms with Gasteiger partial charge in [0.15, 0.2) is 0 Å². The quantitative estimate of drug-likeness (QED) is 0.836. The van der Waals surface area contributed by atoms with Crippen molar-refractivity contribution in [2.24, 2.45) is 17.8 Å². The minimum absolute atomic E-state index is 0.0876. The van der Waals surface area contributed by atoms with Gasteiger partial charge in [-0.2, -0.15) is 0 Å². The van der Waals surface area contributed by atoms with E-state index in [0.717, 1.165) is 17.8 Å². The number of carbonyl (C=O) groups excluding carboxylic acids is 1. The number of rotatable bonds is 5. The van der Waals surface area contributed by atoms with Crippen molar-refractivity contribution in [3.8, 4) is 0 Å². The molecule has 0 atom stereocenters. The number of amides is 1. The molecule has 126 valence electrons. The van der Waals surface area contributed by atoms with Gasteiger partial charge in [0.05, 0.1) is 5.75 Å². The summed E-state index contributed by atoms with van der Waals surface area (Å²) in [6.07, 6.45) is 7.74. The van der Waals surface area contributed by atoms with Gasteiger partial charge in [-0.25, -0.2) is 0 Å². The molecule has 4 saturated carbocycles. The number of hydrogen-bond donors (Lipinski definition) is 1. The summed E-state index contributed by atoms with van der Waals surface area (Å²) < 4.78 is 5.55. The summed E-state index contributed by atoms with van der Waals surface area (Å²) in [5, 5.41) is 11.9. The predicted molar refractivity (Wildman–Crippen MR) is 88.2 cm³/mol. The summed E-state index contributed by atoms with van der Waals surface area (Å²) in [7, 11) is 0. The Bertz CT molecular complexity index is 563. The van der Waals surface area contributed by atoms with E-state index >= 15 is 0 Å². The second-order valence-electron chi connectivity index (χ2n) is 8.10. The fourth-order valence-corrected chi connectivity index (χ4v) is 5.80. The lowest BCUT2D eigenvalue weighted by atomic mass is 9.53. The van der Waals surface area contributed by atoms with E-state index in [1.807, 2.05) is 13.8 Å². The Morgan fingerprint density at radius 1 is 1.22 bits per heavy atom. The van der Waals surface area contributed by atoms with Crippen LogP contribution in [0.3, 0.4) is 0 Å². The zero-order valence-electron chi connectivity index (χ0n) is 13.9. The fourth-order valence-electron chi connectivity index (χ4n) is 5.23. The monoisotopic (exact) mass is 335 g/mol. The van der Waals surface area contributed by atoms with E-state index in [2.05, 4.69) is 15.5 Å². The van der Waals surface area contributed by atoms with Crippen molar-refractivity contribution in [1.29, 1.82) is 0 Å². The maximum atomic E-state index is 12.4. The summed E-state index contributed by atoms with van der Waals surface area (Å²) in [4.78, 5) is 12.4. The second-order valence-corrected chi connectivity index (χ2v) is 9.02. The molecule has 0 spiro atoms. The molecular formula is C17H25N3O2S. The van der Waals surface area contributed by atoms with Gasteiger partial charge in [-0.05, 0) is 56.3 Å². The Morgan fingerprint density at radius 3 is 2.35 bits per heavy atom. The van der Waals surface area contributed by atoms with E-state index < -0.39 is 0 Å². The Morgan fingerprint density at radius 2 is 1.83 bits per heavy atom. The lowest BCUT2D eigenvalue weighted by molar-refractivity contribution is -0.124. The summed E-state index contributed by atoms with van der Waals surface area (Å²) in [6.45, 7) is 4.03. The van der Waals surface area contributed by atoms with Crippen molar-refractivity contribution in [3.63, 3.8) is 0 Å². The van der Waals surface area contributed by atoms with Crippen LogP contribution < -0.4 is 5.32 Å². The van der Waals surface area contributed by atoms with Crippen LogP contribution >= 0.6 is 11.8 Å². The Balaban J connectivity index is 1.33. The highest BCUT2D eigenvalue weighted by atomic mass is 32.2. The van der Waals surface area contributed by atoms with Crippen LogP contribution in [0.25, 0.3) is 0 Å². The first kappa shape index (κ1) is 15.5. The van der Waals surface area contributed by atoms with Crippen LogP contribution in [0, 0.1) is 17.8 Å². The molecule has 4 fully saturated rings. The summed E-state index contributed by atoms with van der Waals surface area (Å²) in [5.74, 6) is 3.87. The minimum atomic E-state index is 0.0876. The number of carbonyl (C=O) groups is 1. The van der Waals surface area contributed by atoms with Crippen LogP contribution in [-0.4, -0.2) is 27.4 Å². The molecule has 1 N–H and O–H groups in total. The molecule has 1 aromatic heterocycles. The first-order valence-electron chi connectivity index (χ1n) is 8.78. The summed E-state index contributed by atoms with van der Waals surface area (Å²) >= 11 is 1.34. The second kappa shape index (κ2) is 5.80.